The number of unbranched alkanes of at least 4 members (excludes halogenated alkanes) is 6. The summed E-state index contributed by atoms with van der Waals surface area (Å²) in [6, 6.07) is 4.69. The molecule has 554 valence electrons. The van der Waals surface area contributed by atoms with Crippen LogP contribution in [-0.2, 0) is 52.4 Å². The molecule has 0 aromatic heterocycles. The highest BCUT2D eigenvalue weighted by Crippen LogP contribution is 2.51. The molecular weight excluding hydrogens is 1260 g/mol. The van der Waals surface area contributed by atoms with Crippen molar-refractivity contribution in [2.24, 2.45) is 17.8 Å². The van der Waals surface area contributed by atoms with Gasteiger partial charge in [-0.2, -0.15) is 0 Å². The summed E-state index contributed by atoms with van der Waals surface area (Å²) in [6.45, 7) is 35.3. The predicted molar refractivity (Wildman–Crippen MR) is 389 cm³/mol. The molecule has 6 rings (SSSR count). The van der Waals surface area contributed by atoms with Gasteiger partial charge in [-0.15, -0.1) is 0 Å². The van der Waals surface area contributed by atoms with E-state index in [-0.39, 0.29) is 107 Å². The van der Waals surface area contributed by atoms with Gasteiger partial charge in [-0.3, -0.25) is 0 Å². The second-order valence-corrected chi connectivity index (χ2v) is 26.4. The van der Waals surface area contributed by atoms with E-state index in [4.69, 9.17) is 38.3 Å². The Morgan fingerprint density at radius 3 is 1.00 bits per heavy atom. The van der Waals surface area contributed by atoms with Crippen molar-refractivity contribution in [3.8, 4) is 34.5 Å². The molecule has 0 bridgehead atoms. The number of aryl methyl sites for hydroxylation is 3. The Morgan fingerprint density at radius 1 is 0.434 bits per heavy atom. The minimum atomic E-state index is -1.15. The average Bonchev–Trinajstić information content (AvgIpc) is 0.785. The summed E-state index contributed by atoms with van der Waals surface area (Å²) in [5.74, 6) is -4.32. The van der Waals surface area contributed by atoms with E-state index in [1.54, 1.807) is 20.3 Å². The van der Waals surface area contributed by atoms with Crippen molar-refractivity contribution in [1.82, 2.24) is 0 Å². The number of methoxy groups -OCH3 is 2. The number of rotatable bonds is 38. The van der Waals surface area contributed by atoms with E-state index >= 15 is 0 Å². The number of carboxylic acids is 2. The summed E-state index contributed by atoms with van der Waals surface area (Å²) >= 11 is 0. The van der Waals surface area contributed by atoms with Gasteiger partial charge in [0.2, 0.25) is 0 Å². The van der Waals surface area contributed by atoms with Crippen LogP contribution in [0.1, 0.15) is 241 Å². The number of phenols is 6. The summed E-state index contributed by atoms with van der Waals surface area (Å²) in [5.41, 5.74) is 9.05. The monoisotopic (exact) mass is 1380 g/mol. The zero-order valence-electron chi connectivity index (χ0n) is 61.4. The zero-order valence-corrected chi connectivity index (χ0v) is 61.4. The first-order chi connectivity index (χ1) is 47.3. The third kappa shape index (κ3) is 27.5. The molecule has 6 atom stereocenters. The van der Waals surface area contributed by atoms with Gasteiger partial charge in [-0.1, -0.05) is 131 Å². The molecule has 3 aliphatic carbocycles. The lowest BCUT2D eigenvalue weighted by atomic mass is 9.73. The maximum Gasteiger partial charge on any atom is 0.342 e. The van der Waals surface area contributed by atoms with Crippen LogP contribution in [0.25, 0.3) is 0 Å². The standard InChI is InChI=1S/C29H44O7.2C22H30O4.C7H16O4/c1-6-7-8-9-22-19-25(30)27(24-18-21(4)10-11-23(24)20(2)3)28(31)26(22)29(32)36-17-16-35-15-14-34-13-12-33-5;2*1-5-6-7-8-15-12-18(23)20(21(24)19(15)22(25)26)17-11-14(4)9-10-16(17)13(2)3;1-9-4-5-11-7-6-10-3-2-8/h18-19,23-24,30-31H,2,6-17H2,1,3-5H3;2*11-12,16-17,23-24H,2,5-10H2,1,3-4H3,(H,25,26);8H,2-7H2,1H3. The number of aliphatic hydroxyl groups is 1. The number of carbonyl (C=O) groups excluding carboxylic acids is 1. The van der Waals surface area contributed by atoms with Crippen molar-refractivity contribution in [2.75, 3.05) is 93.5 Å². The van der Waals surface area contributed by atoms with Gasteiger partial charge >= 0.3 is 17.9 Å². The van der Waals surface area contributed by atoms with Crippen LogP contribution >= 0.6 is 0 Å². The molecular formula is C80H120O19. The highest BCUT2D eigenvalue weighted by Gasteiger charge is 2.37. The second-order valence-electron chi connectivity index (χ2n) is 26.4. The van der Waals surface area contributed by atoms with E-state index in [1.165, 1.54) is 28.9 Å². The molecule has 0 fully saturated rings. The number of benzene rings is 3. The number of aromatic carboxylic acids is 2. The Bertz CT molecular complexity index is 3020. The lowest BCUT2D eigenvalue weighted by Gasteiger charge is -2.32. The largest absolute Gasteiger partial charge is 0.507 e. The van der Waals surface area contributed by atoms with Gasteiger partial charge in [-0.25, -0.2) is 14.4 Å². The van der Waals surface area contributed by atoms with Crippen LogP contribution in [0.2, 0.25) is 0 Å². The summed E-state index contributed by atoms with van der Waals surface area (Å²) in [7, 11) is 3.25. The van der Waals surface area contributed by atoms with Gasteiger partial charge in [0.25, 0.3) is 0 Å². The summed E-state index contributed by atoms with van der Waals surface area (Å²) in [5, 5.41) is 93.0. The van der Waals surface area contributed by atoms with Crippen molar-refractivity contribution in [3.63, 3.8) is 0 Å². The molecule has 3 aliphatic rings. The number of ether oxygens (including phenoxy) is 7. The molecule has 3 aromatic rings. The molecule has 99 heavy (non-hydrogen) atoms. The van der Waals surface area contributed by atoms with Crippen LogP contribution in [0.4, 0.5) is 0 Å². The van der Waals surface area contributed by atoms with Gasteiger partial charge in [0, 0.05) is 48.7 Å². The zero-order chi connectivity index (χ0) is 73.7. The number of hydrogen-bond acceptors (Lipinski definition) is 17. The van der Waals surface area contributed by atoms with Gasteiger partial charge in [0.1, 0.15) is 57.8 Å². The number of aliphatic hydroxyl groups excluding tert-OH is 1. The average molecular weight is 1390 g/mol. The summed E-state index contributed by atoms with van der Waals surface area (Å²) in [4.78, 5) is 36.8. The molecule has 6 unspecified atom stereocenters. The first kappa shape index (κ1) is 86.3. The third-order valence-electron chi connectivity index (χ3n) is 18.4. The number of carboxylic acid groups (broad SMARTS) is 2. The predicted octanol–water partition coefficient (Wildman–Crippen LogP) is 16.4. The molecule has 0 saturated carbocycles. The maximum absolute atomic E-state index is 13.2. The van der Waals surface area contributed by atoms with E-state index in [0.717, 1.165) is 113 Å². The molecule has 0 saturated heterocycles. The quantitative estimate of drug-likeness (QED) is 0.0146. The highest BCUT2D eigenvalue weighted by molar-refractivity contribution is 5.96. The smallest absolute Gasteiger partial charge is 0.342 e. The molecule has 0 heterocycles. The number of hydrogen-bond donors (Lipinski definition) is 9. The van der Waals surface area contributed by atoms with E-state index in [0.29, 0.717) is 112 Å². The minimum Gasteiger partial charge on any atom is -0.507 e. The van der Waals surface area contributed by atoms with Gasteiger partial charge in [0.15, 0.2) is 0 Å². The van der Waals surface area contributed by atoms with Gasteiger partial charge in [0.05, 0.1) is 72.7 Å². The van der Waals surface area contributed by atoms with Crippen LogP contribution in [0, 0.1) is 17.8 Å². The van der Waals surface area contributed by atoms with Crippen molar-refractivity contribution < 1.29 is 93.5 Å². The first-order valence-electron chi connectivity index (χ1n) is 35.5. The normalized spacial score (nSPS) is 18.0. The van der Waals surface area contributed by atoms with E-state index in [2.05, 4.69) is 46.6 Å². The molecule has 19 nitrogen and oxygen atoms in total. The molecule has 19 heteroatoms. The first-order valence-corrected chi connectivity index (χ1v) is 35.5. The van der Waals surface area contributed by atoms with Crippen molar-refractivity contribution in [1.29, 1.82) is 0 Å². The lowest BCUT2D eigenvalue weighted by molar-refractivity contribution is 0.00555. The fraction of sp³-hybridized carbons (Fsp3) is 0.588. The Balaban J connectivity index is 0.000000364. The van der Waals surface area contributed by atoms with Crippen LogP contribution in [0.5, 0.6) is 34.5 Å². The maximum atomic E-state index is 13.2. The van der Waals surface area contributed by atoms with Crippen LogP contribution < -0.4 is 0 Å². The van der Waals surface area contributed by atoms with E-state index in [1.807, 2.05) is 53.7 Å². The number of allylic oxidation sites excluding steroid dienone is 9. The summed E-state index contributed by atoms with van der Waals surface area (Å²) in [6.07, 6.45) is 21.7. The molecule has 0 radical (unpaired) electrons. The van der Waals surface area contributed by atoms with Crippen molar-refractivity contribution in [2.45, 2.75) is 196 Å². The van der Waals surface area contributed by atoms with Crippen LogP contribution in [-0.4, -0.2) is 157 Å². The van der Waals surface area contributed by atoms with Crippen LogP contribution in [0.3, 0.4) is 0 Å². The third-order valence-corrected chi connectivity index (χ3v) is 18.4. The minimum absolute atomic E-state index is 0.00885. The fourth-order valence-corrected chi connectivity index (χ4v) is 13.1. The van der Waals surface area contributed by atoms with Crippen molar-refractivity contribution >= 4 is 17.9 Å². The molecule has 0 spiro atoms. The Hall–Kier alpha value is -6.97. The van der Waals surface area contributed by atoms with Crippen LogP contribution in [0.15, 0.2) is 89.6 Å². The highest BCUT2D eigenvalue weighted by atomic mass is 16.6. The number of carbonyl (C=O) groups is 3. The Labute approximate surface area is 589 Å². The topological polar surface area (TPSA) is 298 Å². The second kappa shape index (κ2) is 46.5. The Morgan fingerprint density at radius 2 is 0.717 bits per heavy atom. The lowest BCUT2D eigenvalue weighted by Crippen LogP contribution is -2.19. The van der Waals surface area contributed by atoms with E-state index < -0.39 is 17.9 Å². The number of esters is 1. The molecule has 0 amide bonds. The molecule has 3 aromatic carbocycles. The van der Waals surface area contributed by atoms with Gasteiger partial charge in [-0.05, 0) is 171 Å². The SMILES string of the molecule is C=C(C)C1CCC(C)=CC1c1c(O)cc(CCCCC)c(C(=O)O)c1O.C=C(C)C1CCC(C)=CC1c1c(O)cc(CCCCC)c(C(=O)O)c1O.C=C(C)C1CCC(C)=CC1c1c(O)cc(CCCCC)c(C(=O)OCCOCCOCCOC)c1O.COCCOCCOCCO. The molecule has 9 N–H and O–H groups in total. The molecule has 0 aliphatic heterocycles. The van der Waals surface area contributed by atoms with E-state index in [9.17, 15) is 55.2 Å². The van der Waals surface area contributed by atoms with Gasteiger partial charge < -0.3 is 79.1 Å². The number of phenolic OH excluding ortho intramolecular Hbond substituents is 4. The van der Waals surface area contributed by atoms with Crippen molar-refractivity contribution in [3.05, 3.63) is 140 Å². The summed E-state index contributed by atoms with van der Waals surface area (Å²) < 4.78 is 36.0. The fourth-order valence-electron chi connectivity index (χ4n) is 13.1. The number of aromatic hydroxyl groups is 6. The Kier molecular flexibility index (Phi) is 40.5.